The molecule has 1 N–H and O–H groups in total. The Balaban J connectivity index is 1.57. The van der Waals surface area contributed by atoms with E-state index in [9.17, 15) is 23.1 Å². The summed E-state index contributed by atoms with van der Waals surface area (Å²) in [5, 5.41) is 10.9. The van der Waals surface area contributed by atoms with Crippen molar-refractivity contribution >= 4 is 5.91 Å². The maximum absolute atomic E-state index is 12.7. The van der Waals surface area contributed by atoms with Crippen molar-refractivity contribution in [3.05, 3.63) is 35.4 Å². The maximum atomic E-state index is 12.7. The predicted molar refractivity (Wildman–Crippen MR) is 101 cm³/mol. The van der Waals surface area contributed by atoms with Crippen LogP contribution in [0, 0.1) is 0 Å². The van der Waals surface area contributed by atoms with Crippen molar-refractivity contribution in [2.45, 2.75) is 63.3 Å². The van der Waals surface area contributed by atoms with Crippen molar-refractivity contribution in [3.63, 3.8) is 0 Å². The van der Waals surface area contributed by atoms with E-state index in [0.29, 0.717) is 44.1 Å². The highest BCUT2D eigenvalue weighted by atomic mass is 19.4. The standard InChI is InChI=1S/C21H29F3N2O2/c1-2-18-5-3-4-12-26(18)15-19(27)25-13-10-20(28,11-14-25)16-6-8-17(9-7-16)21(22,23)24/h6-9,18,28H,2-5,10-15H2,1H3. The fourth-order valence-corrected chi connectivity index (χ4v) is 4.39. The summed E-state index contributed by atoms with van der Waals surface area (Å²) in [4.78, 5) is 16.8. The number of halogens is 3. The van der Waals surface area contributed by atoms with Crippen LogP contribution < -0.4 is 0 Å². The molecule has 3 rings (SSSR count). The van der Waals surface area contributed by atoms with Crippen molar-refractivity contribution in [2.24, 2.45) is 0 Å². The highest BCUT2D eigenvalue weighted by Gasteiger charge is 2.37. The van der Waals surface area contributed by atoms with Gasteiger partial charge in [0.25, 0.3) is 0 Å². The largest absolute Gasteiger partial charge is 0.416 e. The fourth-order valence-electron chi connectivity index (χ4n) is 4.39. The van der Waals surface area contributed by atoms with E-state index in [4.69, 9.17) is 0 Å². The Bertz CT molecular complexity index is 667. The molecule has 1 aromatic carbocycles. The van der Waals surface area contributed by atoms with Crippen molar-refractivity contribution < 1.29 is 23.1 Å². The van der Waals surface area contributed by atoms with Gasteiger partial charge in [-0.25, -0.2) is 0 Å². The molecule has 28 heavy (non-hydrogen) atoms. The van der Waals surface area contributed by atoms with Gasteiger partial charge in [-0.05, 0) is 56.3 Å². The van der Waals surface area contributed by atoms with Crippen molar-refractivity contribution in [3.8, 4) is 0 Å². The van der Waals surface area contributed by atoms with Gasteiger partial charge in [0.15, 0.2) is 0 Å². The third-order valence-corrected chi connectivity index (χ3v) is 6.25. The third kappa shape index (κ3) is 4.69. The second kappa shape index (κ2) is 8.41. The number of hydrogen-bond donors (Lipinski definition) is 1. The summed E-state index contributed by atoms with van der Waals surface area (Å²) in [5.74, 6) is 0.0785. The number of piperidine rings is 2. The van der Waals surface area contributed by atoms with Crippen LogP contribution in [0.25, 0.3) is 0 Å². The molecule has 0 spiro atoms. The van der Waals surface area contributed by atoms with E-state index >= 15 is 0 Å². The van der Waals surface area contributed by atoms with Crippen LogP contribution in [0.1, 0.15) is 56.6 Å². The first kappa shape index (κ1) is 21.1. The van der Waals surface area contributed by atoms with E-state index in [2.05, 4.69) is 11.8 Å². The third-order valence-electron chi connectivity index (χ3n) is 6.25. The summed E-state index contributed by atoms with van der Waals surface area (Å²) in [6.45, 7) is 4.35. The molecule has 2 aliphatic rings. The van der Waals surface area contributed by atoms with E-state index in [1.807, 2.05) is 0 Å². The second-order valence-electron chi connectivity index (χ2n) is 8.02. The molecule has 1 aromatic rings. The number of nitrogens with zero attached hydrogens (tertiary/aromatic N) is 2. The summed E-state index contributed by atoms with van der Waals surface area (Å²) in [7, 11) is 0. The minimum Gasteiger partial charge on any atom is -0.385 e. The van der Waals surface area contributed by atoms with Crippen LogP contribution in [-0.2, 0) is 16.6 Å². The smallest absolute Gasteiger partial charge is 0.385 e. The minimum atomic E-state index is -4.39. The molecule has 1 amide bonds. The molecule has 7 heteroatoms. The van der Waals surface area contributed by atoms with Gasteiger partial charge < -0.3 is 10.0 Å². The summed E-state index contributed by atoms with van der Waals surface area (Å²) in [5.41, 5.74) is -1.42. The molecule has 2 saturated heterocycles. The number of alkyl halides is 3. The van der Waals surface area contributed by atoms with Crippen LogP contribution >= 0.6 is 0 Å². The molecule has 0 saturated carbocycles. The molecule has 2 heterocycles. The van der Waals surface area contributed by atoms with Gasteiger partial charge in [0.05, 0.1) is 17.7 Å². The van der Waals surface area contributed by atoms with Crippen LogP contribution in [0.2, 0.25) is 0 Å². The molecule has 2 fully saturated rings. The number of aliphatic hydroxyl groups is 1. The zero-order valence-corrected chi connectivity index (χ0v) is 16.3. The molecule has 2 aliphatic heterocycles. The lowest BCUT2D eigenvalue weighted by Crippen LogP contribution is -2.50. The molecule has 156 valence electrons. The number of likely N-dealkylation sites (tertiary alicyclic amines) is 2. The Morgan fingerprint density at radius 2 is 1.79 bits per heavy atom. The Morgan fingerprint density at radius 3 is 2.36 bits per heavy atom. The molecule has 1 atom stereocenters. The topological polar surface area (TPSA) is 43.8 Å². The van der Waals surface area contributed by atoms with Gasteiger partial charge in [0, 0.05) is 19.1 Å². The Labute approximate surface area is 164 Å². The summed E-state index contributed by atoms with van der Waals surface area (Å²) < 4.78 is 38.2. The minimum absolute atomic E-state index is 0.0785. The molecule has 0 bridgehead atoms. The molecule has 1 unspecified atom stereocenters. The number of rotatable bonds is 4. The highest BCUT2D eigenvalue weighted by molar-refractivity contribution is 5.78. The Hall–Kier alpha value is -1.60. The number of carbonyl (C=O) groups is 1. The van der Waals surface area contributed by atoms with Gasteiger partial charge in [-0.1, -0.05) is 25.5 Å². The molecule has 0 aliphatic carbocycles. The summed E-state index contributed by atoms with van der Waals surface area (Å²) in [6, 6.07) is 5.17. The first-order valence-electron chi connectivity index (χ1n) is 10.1. The Morgan fingerprint density at radius 1 is 1.14 bits per heavy atom. The van der Waals surface area contributed by atoms with Crippen LogP contribution in [0.3, 0.4) is 0 Å². The van der Waals surface area contributed by atoms with Gasteiger partial charge in [0.1, 0.15) is 0 Å². The first-order chi connectivity index (χ1) is 13.2. The van der Waals surface area contributed by atoms with Gasteiger partial charge in [0.2, 0.25) is 5.91 Å². The molecular formula is C21H29F3N2O2. The van der Waals surface area contributed by atoms with E-state index in [0.717, 1.165) is 37.9 Å². The molecule has 0 aromatic heterocycles. The zero-order chi connectivity index (χ0) is 20.4. The van der Waals surface area contributed by atoms with Gasteiger partial charge in [-0.15, -0.1) is 0 Å². The van der Waals surface area contributed by atoms with Crippen molar-refractivity contribution in [2.75, 3.05) is 26.2 Å². The second-order valence-corrected chi connectivity index (χ2v) is 8.02. The van der Waals surface area contributed by atoms with Crippen molar-refractivity contribution in [1.29, 1.82) is 0 Å². The van der Waals surface area contributed by atoms with Crippen molar-refractivity contribution in [1.82, 2.24) is 9.80 Å². The van der Waals surface area contributed by atoms with Gasteiger partial charge in [-0.2, -0.15) is 13.2 Å². The van der Waals surface area contributed by atoms with E-state index in [-0.39, 0.29) is 5.91 Å². The van der Waals surface area contributed by atoms with E-state index in [1.54, 1.807) is 4.90 Å². The predicted octanol–water partition coefficient (Wildman–Crippen LogP) is 3.78. The highest BCUT2D eigenvalue weighted by Crippen LogP contribution is 2.35. The molecule has 4 nitrogen and oxygen atoms in total. The number of carbonyl (C=O) groups excluding carboxylic acids is 1. The van der Waals surface area contributed by atoms with E-state index < -0.39 is 17.3 Å². The average molecular weight is 398 g/mol. The van der Waals surface area contributed by atoms with Crippen LogP contribution in [0.5, 0.6) is 0 Å². The summed E-state index contributed by atoms with van der Waals surface area (Å²) >= 11 is 0. The molecular weight excluding hydrogens is 369 g/mol. The van der Waals surface area contributed by atoms with Crippen LogP contribution in [-0.4, -0.2) is 53.0 Å². The van der Waals surface area contributed by atoms with Gasteiger partial charge in [-0.3, -0.25) is 9.69 Å². The number of hydrogen-bond acceptors (Lipinski definition) is 3. The monoisotopic (exact) mass is 398 g/mol. The first-order valence-corrected chi connectivity index (χ1v) is 10.1. The normalized spacial score (nSPS) is 23.6. The lowest BCUT2D eigenvalue weighted by atomic mass is 9.84. The average Bonchev–Trinajstić information content (AvgIpc) is 2.68. The number of benzene rings is 1. The molecule has 0 radical (unpaired) electrons. The van der Waals surface area contributed by atoms with E-state index in [1.165, 1.54) is 18.6 Å². The SMILES string of the molecule is CCC1CCCCN1CC(=O)N1CCC(O)(c2ccc(C(F)(F)F)cc2)CC1. The summed E-state index contributed by atoms with van der Waals surface area (Å²) in [6.07, 6.45) is 0.799. The lowest BCUT2D eigenvalue weighted by Gasteiger charge is -2.40. The fraction of sp³-hybridized carbons (Fsp3) is 0.667. The zero-order valence-electron chi connectivity index (χ0n) is 16.3. The lowest BCUT2D eigenvalue weighted by molar-refractivity contribution is -0.139. The van der Waals surface area contributed by atoms with Crippen LogP contribution in [0.4, 0.5) is 13.2 Å². The number of amides is 1. The van der Waals surface area contributed by atoms with Crippen LogP contribution in [0.15, 0.2) is 24.3 Å². The van der Waals surface area contributed by atoms with Gasteiger partial charge >= 0.3 is 6.18 Å². The maximum Gasteiger partial charge on any atom is 0.416 e. The Kier molecular flexibility index (Phi) is 6.34. The quantitative estimate of drug-likeness (QED) is 0.840.